The van der Waals surface area contributed by atoms with Gasteiger partial charge in [-0.3, -0.25) is 9.59 Å². The lowest BCUT2D eigenvalue weighted by Crippen LogP contribution is -2.43. The number of aliphatic hydroxyl groups is 3. The van der Waals surface area contributed by atoms with Gasteiger partial charge in [0.15, 0.2) is 6.10 Å². The zero-order valence-electron chi connectivity index (χ0n) is 32.1. The van der Waals surface area contributed by atoms with Crippen molar-refractivity contribution in [3.8, 4) is 0 Å². The predicted molar refractivity (Wildman–Crippen MR) is 198 cm³/mol. The van der Waals surface area contributed by atoms with Crippen molar-refractivity contribution in [3.05, 3.63) is 0 Å². The number of aliphatic hydroxyl groups excluding tert-OH is 3. The molecule has 8 nitrogen and oxygen atoms in total. The third kappa shape index (κ3) is 24.6. The Balaban J connectivity index is 1.95. The van der Waals surface area contributed by atoms with Gasteiger partial charge >= 0.3 is 11.9 Å². The van der Waals surface area contributed by atoms with Crippen molar-refractivity contribution in [2.75, 3.05) is 13.2 Å². The van der Waals surface area contributed by atoms with Crippen LogP contribution < -0.4 is 0 Å². The molecule has 0 spiro atoms. The summed E-state index contributed by atoms with van der Waals surface area (Å²) in [5.74, 6) is -0.294. The third-order valence-corrected chi connectivity index (χ3v) is 10.0. The Kier molecular flexibility index (Phi) is 29.5. The van der Waals surface area contributed by atoms with E-state index in [4.69, 9.17) is 14.2 Å². The summed E-state index contributed by atoms with van der Waals surface area (Å²) < 4.78 is 16.1. The zero-order chi connectivity index (χ0) is 36.0. The topological polar surface area (TPSA) is 123 Å². The average Bonchev–Trinajstić information content (AvgIpc) is 3.41. The van der Waals surface area contributed by atoms with E-state index in [0.29, 0.717) is 0 Å². The fourth-order valence-electron chi connectivity index (χ4n) is 6.93. The van der Waals surface area contributed by atoms with Crippen LogP contribution in [-0.4, -0.2) is 71.0 Å². The Morgan fingerprint density at radius 2 is 1.04 bits per heavy atom. The second kappa shape index (κ2) is 31.5. The highest BCUT2D eigenvalue weighted by Gasteiger charge is 2.41. The number of hydrogen-bond acceptors (Lipinski definition) is 8. The molecule has 290 valence electrons. The molecule has 0 aromatic carbocycles. The summed E-state index contributed by atoms with van der Waals surface area (Å²) in [7, 11) is 0. The van der Waals surface area contributed by atoms with Crippen molar-refractivity contribution in [1.82, 2.24) is 0 Å². The van der Waals surface area contributed by atoms with Crippen molar-refractivity contribution >= 4 is 11.9 Å². The molecule has 0 aromatic heterocycles. The van der Waals surface area contributed by atoms with Crippen LogP contribution in [0.15, 0.2) is 0 Å². The lowest BCUT2D eigenvalue weighted by atomic mass is 9.94. The fraction of sp³-hybridized carbons (Fsp3) is 0.951. The van der Waals surface area contributed by atoms with E-state index in [1.54, 1.807) is 0 Å². The molecular formula is C41H78O8. The molecule has 1 heterocycles. The Morgan fingerprint density at radius 3 is 1.41 bits per heavy atom. The first-order valence-electron chi connectivity index (χ1n) is 20.8. The highest BCUT2D eigenvalue weighted by Crippen LogP contribution is 2.23. The number of carbonyl (C=O) groups is 2. The molecule has 3 N–H and O–H groups in total. The summed E-state index contributed by atoms with van der Waals surface area (Å²) in [5, 5.41) is 29.0. The van der Waals surface area contributed by atoms with Crippen LogP contribution in [0.2, 0.25) is 0 Å². The Bertz CT molecular complexity index is 775. The smallest absolute Gasteiger partial charge is 0.309 e. The average molecular weight is 699 g/mol. The minimum Gasteiger partial charge on any atom is -0.463 e. The SMILES string of the molecule is CCCCCCCCCCCCC(CCCCCCCCCCCCCCCCCC(=O)O[C@H](CO)[C@H]1OC[C@H](O)[C@H]1O)C(=O)OC(C)C. The predicted octanol–water partition coefficient (Wildman–Crippen LogP) is 9.52. The van der Waals surface area contributed by atoms with Gasteiger partial charge in [-0.25, -0.2) is 0 Å². The quantitative estimate of drug-likeness (QED) is 0.0449. The number of hydrogen-bond donors (Lipinski definition) is 3. The van der Waals surface area contributed by atoms with Gasteiger partial charge in [0, 0.05) is 6.42 Å². The number of ether oxygens (including phenoxy) is 3. The molecule has 1 unspecified atom stereocenters. The van der Waals surface area contributed by atoms with E-state index in [2.05, 4.69) is 6.92 Å². The number of unbranched alkanes of at least 4 members (excludes halogenated alkanes) is 23. The van der Waals surface area contributed by atoms with E-state index in [-0.39, 0.29) is 31.0 Å². The molecule has 1 fully saturated rings. The van der Waals surface area contributed by atoms with Crippen molar-refractivity contribution in [3.63, 3.8) is 0 Å². The Hall–Kier alpha value is -1.22. The first kappa shape index (κ1) is 45.8. The van der Waals surface area contributed by atoms with Gasteiger partial charge in [0.05, 0.1) is 25.2 Å². The van der Waals surface area contributed by atoms with Crippen LogP contribution >= 0.6 is 0 Å². The lowest BCUT2D eigenvalue weighted by Gasteiger charge is -2.24. The minimum absolute atomic E-state index is 0.0255. The van der Waals surface area contributed by atoms with Gasteiger partial charge in [-0.15, -0.1) is 0 Å². The van der Waals surface area contributed by atoms with Crippen LogP contribution in [0.25, 0.3) is 0 Å². The second-order valence-electron chi connectivity index (χ2n) is 15.1. The van der Waals surface area contributed by atoms with Crippen molar-refractivity contribution in [2.45, 2.75) is 231 Å². The van der Waals surface area contributed by atoms with Gasteiger partial charge in [-0.05, 0) is 33.1 Å². The Morgan fingerprint density at radius 1 is 0.633 bits per heavy atom. The van der Waals surface area contributed by atoms with Gasteiger partial charge < -0.3 is 29.5 Å². The first-order chi connectivity index (χ1) is 23.8. The minimum atomic E-state index is -1.15. The second-order valence-corrected chi connectivity index (χ2v) is 15.1. The lowest BCUT2D eigenvalue weighted by molar-refractivity contribution is -0.162. The molecule has 1 aliphatic heterocycles. The number of rotatable bonds is 34. The van der Waals surface area contributed by atoms with Gasteiger partial charge in [-0.1, -0.05) is 161 Å². The fourth-order valence-corrected chi connectivity index (χ4v) is 6.93. The van der Waals surface area contributed by atoms with Crippen LogP contribution in [0.3, 0.4) is 0 Å². The molecule has 5 atom stereocenters. The number of carbonyl (C=O) groups excluding carboxylic acids is 2. The highest BCUT2D eigenvalue weighted by molar-refractivity contribution is 5.72. The van der Waals surface area contributed by atoms with E-state index in [0.717, 1.165) is 44.9 Å². The Labute approximate surface area is 300 Å². The van der Waals surface area contributed by atoms with Crippen LogP contribution in [0.1, 0.15) is 201 Å². The van der Waals surface area contributed by atoms with Gasteiger partial charge in [-0.2, -0.15) is 0 Å². The molecule has 0 aromatic rings. The van der Waals surface area contributed by atoms with Crippen molar-refractivity contribution in [1.29, 1.82) is 0 Å². The summed E-state index contributed by atoms with van der Waals surface area (Å²) >= 11 is 0. The standard InChI is InChI=1S/C41H78O8/c1-4-5-6-7-8-9-17-20-23-26-29-35(41(46)48-34(2)3)30-27-24-21-18-15-13-11-10-12-14-16-19-22-25-28-31-38(44)49-37(32-42)40-39(45)36(43)33-47-40/h34-37,39-40,42-43,45H,4-33H2,1-3H3/t35?,36-,37+,39+,40+/m0/s1. The third-order valence-electron chi connectivity index (χ3n) is 10.0. The monoisotopic (exact) mass is 699 g/mol. The maximum absolute atomic E-state index is 12.7. The summed E-state index contributed by atoms with van der Waals surface area (Å²) in [6.45, 7) is 5.70. The molecule has 1 rings (SSSR count). The molecule has 1 saturated heterocycles. The molecule has 8 heteroatoms. The zero-order valence-corrected chi connectivity index (χ0v) is 32.1. The van der Waals surface area contributed by atoms with Crippen LogP contribution in [0.4, 0.5) is 0 Å². The van der Waals surface area contributed by atoms with E-state index in [1.165, 1.54) is 128 Å². The summed E-state index contributed by atoms with van der Waals surface area (Å²) in [6.07, 6.45) is 29.5. The largest absolute Gasteiger partial charge is 0.463 e. The van der Waals surface area contributed by atoms with Crippen LogP contribution in [-0.2, 0) is 23.8 Å². The van der Waals surface area contributed by atoms with Crippen molar-refractivity contribution in [2.24, 2.45) is 5.92 Å². The van der Waals surface area contributed by atoms with E-state index in [9.17, 15) is 24.9 Å². The molecule has 49 heavy (non-hydrogen) atoms. The van der Waals surface area contributed by atoms with E-state index >= 15 is 0 Å². The maximum atomic E-state index is 12.7. The maximum Gasteiger partial charge on any atom is 0.309 e. The molecule has 0 bridgehead atoms. The van der Waals surface area contributed by atoms with Gasteiger partial charge in [0.2, 0.25) is 0 Å². The van der Waals surface area contributed by atoms with E-state index < -0.39 is 37.0 Å². The highest BCUT2D eigenvalue weighted by atomic mass is 16.6. The van der Waals surface area contributed by atoms with Crippen molar-refractivity contribution < 1.29 is 39.1 Å². The van der Waals surface area contributed by atoms with Gasteiger partial charge in [0.1, 0.15) is 18.3 Å². The summed E-state index contributed by atoms with van der Waals surface area (Å²) in [5.41, 5.74) is 0. The number of esters is 2. The van der Waals surface area contributed by atoms with Gasteiger partial charge in [0.25, 0.3) is 0 Å². The molecule has 0 amide bonds. The summed E-state index contributed by atoms with van der Waals surface area (Å²) in [6, 6.07) is 0. The first-order valence-corrected chi connectivity index (χ1v) is 20.8. The molecule has 0 saturated carbocycles. The van der Waals surface area contributed by atoms with E-state index in [1.807, 2.05) is 13.8 Å². The molecule has 0 radical (unpaired) electrons. The molecule has 0 aliphatic carbocycles. The molecule has 1 aliphatic rings. The molecular weight excluding hydrogens is 620 g/mol. The van der Waals surface area contributed by atoms with Crippen LogP contribution in [0, 0.1) is 5.92 Å². The normalized spacial score (nSPS) is 19.0. The van der Waals surface area contributed by atoms with Crippen LogP contribution in [0.5, 0.6) is 0 Å². The summed E-state index contributed by atoms with van der Waals surface area (Å²) in [4.78, 5) is 24.8.